The van der Waals surface area contributed by atoms with E-state index in [-0.39, 0.29) is 23.5 Å². The Morgan fingerprint density at radius 3 is 2.27 bits per heavy atom. The molecule has 0 spiro atoms. The van der Waals surface area contributed by atoms with Gasteiger partial charge in [0, 0.05) is 24.3 Å². The fraction of sp³-hybridized carbons (Fsp3) is 0.407. The molecule has 37 heavy (non-hydrogen) atoms. The van der Waals surface area contributed by atoms with E-state index in [1.165, 1.54) is 0 Å². The van der Waals surface area contributed by atoms with Crippen molar-refractivity contribution in [2.45, 2.75) is 59.2 Å². The molecule has 1 atom stereocenters. The van der Waals surface area contributed by atoms with Gasteiger partial charge in [0.05, 0.1) is 12.7 Å². The quantitative estimate of drug-likeness (QED) is 0.376. The van der Waals surface area contributed by atoms with Crippen LogP contribution in [0.1, 0.15) is 62.3 Å². The maximum Gasteiger partial charge on any atom is 0.320 e. The highest BCUT2D eigenvalue weighted by molar-refractivity contribution is 5.92. The van der Waals surface area contributed by atoms with Gasteiger partial charge in [0.25, 0.3) is 5.91 Å². The first-order valence-corrected chi connectivity index (χ1v) is 12.1. The molecule has 0 aliphatic rings. The third kappa shape index (κ3) is 6.08. The van der Waals surface area contributed by atoms with Crippen molar-refractivity contribution in [3.8, 4) is 28.6 Å². The Kier molecular flexibility index (Phi) is 8.54. The Hall–Kier alpha value is -3.92. The third-order valence-electron chi connectivity index (χ3n) is 6.14. The van der Waals surface area contributed by atoms with Crippen LogP contribution in [0.5, 0.6) is 11.5 Å². The fourth-order valence-corrected chi connectivity index (χ4v) is 3.93. The molecule has 0 saturated carbocycles. The highest BCUT2D eigenvalue weighted by Crippen LogP contribution is 2.38. The zero-order valence-corrected chi connectivity index (χ0v) is 22.3. The van der Waals surface area contributed by atoms with E-state index in [1.54, 1.807) is 42.7 Å². The van der Waals surface area contributed by atoms with Crippen molar-refractivity contribution >= 4 is 11.9 Å². The van der Waals surface area contributed by atoms with E-state index in [9.17, 15) is 19.8 Å². The molecule has 1 heterocycles. The lowest BCUT2D eigenvalue weighted by Gasteiger charge is -2.21. The molecule has 0 unspecified atom stereocenters. The van der Waals surface area contributed by atoms with Crippen LogP contribution < -0.4 is 10.1 Å². The van der Waals surface area contributed by atoms with Gasteiger partial charge < -0.3 is 20.3 Å². The predicted octanol–water partition coefficient (Wildman–Crippen LogP) is 3.82. The molecule has 3 N–H and O–H groups in total. The summed E-state index contributed by atoms with van der Waals surface area (Å²) in [5.74, 6) is -0.289. The van der Waals surface area contributed by atoms with Crippen LogP contribution in [0.3, 0.4) is 0 Å². The molecule has 1 amide bonds. The van der Waals surface area contributed by atoms with E-state index in [0.29, 0.717) is 29.4 Å². The average molecular weight is 510 g/mol. The molecule has 3 aromatic rings. The lowest BCUT2D eigenvalue weighted by Crippen LogP contribution is -2.35. The van der Waals surface area contributed by atoms with Gasteiger partial charge in [0.15, 0.2) is 5.82 Å². The first kappa shape index (κ1) is 27.7. The number of methoxy groups -OCH3 is 1. The SMILES string of the molecule is COc1cc(O)c(-c2nnc(C(=O)NC(C)C)n2-c2ccc(CN(C)[C@@H](C)C(=O)O)cc2)cc1C(C)C. The standard InChI is InChI=1S/C27H35N5O5/c1-15(2)20-12-21(22(33)13-23(20)37-7)24-29-30-25(26(34)28-16(3)4)32(24)19-10-8-18(9-11-19)14-31(6)17(5)27(35)36/h8-13,15-17,33H,14H2,1-7H3,(H,28,34)(H,35,36)/t17-/m0/s1. The Labute approximate surface area is 216 Å². The maximum absolute atomic E-state index is 13.0. The third-order valence-corrected chi connectivity index (χ3v) is 6.14. The minimum absolute atomic E-state index is 0.0494. The van der Waals surface area contributed by atoms with Gasteiger partial charge in [-0.2, -0.15) is 0 Å². The number of nitrogens with zero attached hydrogens (tertiary/aromatic N) is 4. The van der Waals surface area contributed by atoms with Crippen LogP contribution >= 0.6 is 0 Å². The Morgan fingerprint density at radius 1 is 1.08 bits per heavy atom. The monoisotopic (exact) mass is 509 g/mol. The van der Waals surface area contributed by atoms with E-state index in [1.807, 2.05) is 52.0 Å². The number of rotatable bonds is 10. The number of nitrogens with one attached hydrogen (secondary N) is 1. The van der Waals surface area contributed by atoms with Crippen LogP contribution in [-0.4, -0.2) is 68.0 Å². The number of hydrogen-bond acceptors (Lipinski definition) is 7. The number of phenols is 1. The van der Waals surface area contributed by atoms with E-state index in [4.69, 9.17) is 4.74 Å². The second-order valence-electron chi connectivity index (χ2n) is 9.67. The van der Waals surface area contributed by atoms with Crippen molar-refractivity contribution in [3.05, 3.63) is 53.3 Å². The average Bonchev–Trinajstić information content (AvgIpc) is 3.28. The number of ether oxygens (including phenoxy) is 1. The number of aliphatic carboxylic acids is 1. The number of aromatic hydroxyl groups is 1. The van der Waals surface area contributed by atoms with Crippen LogP contribution in [0.4, 0.5) is 0 Å². The Bertz CT molecular complexity index is 1270. The molecule has 2 aromatic carbocycles. The topological polar surface area (TPSA) is 130 Å². The van der Waals surface area contributed by atoms with Crippen molar-refractivity contribution in [2.24, 2.45) is 0 Å². The number of carboxylic acids is 1. The summed E-state index contributed by atoms with van der Waals surface area (Å²) in [6.45, 7) is 9.81. The van der Waals surface area contributed by atoms with Crippen molar-refractivity contribution in [1.29, 1.82) is 0 Å². The van der Waals surface area contributed by atoms with Gasteiger partial charge in [0.1, 0.15) is 17.5 Å². The molecule has 0 radical (unpaired) electrons. The van der Waals surface area contributed by atoms with Gasteiger partial charge in [-0.3, -0.25) is 19.1 Å². The first-order chi connectivity index (χ1) is 17.4. The predicted molar refractivity (Wildman–Crippen MR) is 140 cm³/mol. The lowest BCUT2D eigenvalue weighted by atomic mass is 9.98. The summed E-state index contributed by atoms with van der Waals surface area (Å²) in [7, 11) is 3.30. The van der Waals surface area contributed by atoms with Crippen LogP contribution in [0, 0.1) is 0 Å². The van der Waals surface area contributed by atoms with E-state index >= 15 is 0 Å². The highest BCUT2D eigenvalue weighted by atomic mass is 16.5. The van der Waals surface area contributed by atoms with Gasteiger partial charge >= 0.3 is 5.97 Å². The van der Waals surface area contributed by atoms with Crippen LogP contribution in [0.25, 0.3) is 17.1 Å². The van der Waals surface area contributed by atoms with E-state index in [0.717, 1.165) is 11.1 Å². The zero-order chi connectivity index (χ0) is 27.4. The molecule has 10 nitrogen and oxygen atoms in total. The summed E-state index contributed by atoms with van der Waals surface area (Å²) in [5.41, 5.74) is 2.81. The number of carbonyl (C=O) groups excluding carboxylic acids is 1. The second-order valence-corrected chi connectivity index (χ2v) is 9.67. The van der Waals surface area contributed by atoms with E-state index in [2.05, 4.69) is 15.5 Å². The van der Waals surface area contributed by atoms with Crippen molar-refractivity contribution in [3.63, 3.8) is 0 Å². The number of amides is 1. The van der Waals surface area contributed by atoms with E-state index < -0.39 is 17.9 Å². The minimum Gasteiger partial charge on any atom is -0.507 e. The summed E-state index contributed by atoms with van der Waals surface area (Å²) in [4.78, 5) is 26.1. The summed E-state index contributed by atoms with van der Waals surface area (Å²) in [5, 5.41) is 31.5. The van der Waals surface area contributed by atoms with Gasteiger partial charge in [-0.15, -0.1) is 10.2 Å². The summed E-state index contributed by atoms with van der Waals surface area (Å²) in [6, 6.07) is 9.96. The van der Waals surface area contributed by atoms with Gasteiger partial charge in [-0.05, 0) is 63.1 Å². The van der Waals surface area contributed by atoms with Gasteiger partial charge in [-0.25, -0.2) is 0 Å². The molecule has 1 aromatic heterocycles. The number of hydrogen-bond donors (Lipinski definition) is 3. The summed E-state index contributed by atoms with van der Waals surface area (Å²) < 4.78 is 7.06. The fourth-order valence-electron chi connectivity index (χ4n) is 3.93. The number of phenolic OH excluding ortho intramolecular Hbond substituents is 1. The largest absolute Gasteiger partial charge is 0.507 e. The molecule has 198 valence electrons. The van der Waals surface area contributed by atoms with Crippen LogP contribution in [0.2, 0.25) is 0 Å². The first-order valence-electron chi connectivity index (χ1n) is 12.1. The van der Waals surface area contributed by atoms with Crippen LogP contribution in [0.15, 0.2) is 36.4 Å². The highest BCUT2D eigenvalue weighted by Gasteiger charge is 2.25. The Morgan fingerprint density at radius 2 is 1.73 bits per heavy atom. The van der Waals surface area contributed by atoms with Crippen molar-refractivity contribution < 1.29 is 24.5 Å². The summed E-state index contributed by atoms with van der Waals surface area (Å²) >= 11 is 0. The second kappa shape index (κ2) is 11.4. The van der Waals surface area contributed by atoms with Crippen LogP contribution in [-0.2, 0) is 11.3 Å². The van der Waals surface area contributed by atoms with Gasteiger partial charge in [-0.1, -0.05) is 26.0 Å². The van der Waals surface area contributed by atoms with Crippen molar-refractivity contribution in [1.82, 2.24) is 25.0 Å². The molecule has 0 aliphatic heterocycles. The maximum atomic E-state index is 13.0. The lowest BCUT2D eigenvalue weighted by molar-refractivity contribution is -0.142. The number of benzene rings is 2. The molecule has 0 saturated heterocycles. The molecule has 0 bridgehead atoms. The van der Waals surface area contributed by atoms with Crippen molar-refractivity contribution in [2.75, 3.05) is 14.2 Å². The minimum atomic E-state index is -0.894. The molecule has 3 rings (SSSR count). The zero-order valence-electron chi connectivity index (χ0n) is 22.3. The number of likely N-dealkylation sites (N-methyl/N-ethyl adjacent to an activating group) is 1. The number of carbonyl (C=O) groups is 2. The summed E-state index contributed by atoms with van der Waals surface area (Å²) in [6.07, 6.45) is 0. The normalized spacial score (nSPS) is 12.3. The molecule has 0 aliphatic carbocycles. The molecule has 0 fully saturated rings. The molecular formula is C27H35N5O5. The molecule has 10 heteroatoms. The molecular weight excluding hydrogens is 474 g/mol. The Balaban J connectivity index is 2.12. The smallest absolute Gasteiger partial charge is 0.320 e. The number of aromatic nitrogens is 3. The van der Waals surface area contributed by atoms with Gasteiger partial charge in [0.2, 0.25) is 5.82 Å². The number of carboxylic acid groups (broad SMARTS) is 1.